The van der Waals surface area contributed by atoms with E-state index >= 15 is 0 Å². The number of nitrogens with one attached hydrogen (secondary N) is 2. The van der Waals surface area contributed by atoms with E-state index in [-0.39, 0.29) is 22.7 Å². The summed E-state index contributed by atoms with van der Waals surface area (Å²) in [5, 5.41) is 15.4. The van der Waals surface area contributed by atoms with Crippen molar-refractivity contribution in [2.24, 2.45) is 0 Å². The van der Waals surface area contributed by atoms with E-state index in [1.54, 1.807) is 48.5 Å². The Hall–Kier alpha value is -4.35. The third-order valence-corrected chi connectivity index (χ3v) is 7.64. The summed E-state index contributed by atoms with van der Waals surface area (Å²) in [5.41, 5.74) is 1.54. The molecule has 1 unspecified atom stereocenters. The number of aromatic nitrogens is 4. The molecule has 5 rings (SSSR count). The molecule has 1 aromatic carbocycles. The van der Waals surface area contributed by atoms with Crippen LogP contribution in [0.1, 0.15) is 43.4 Å². The molecule has 208 valence electrons. The van der Waals surface area contributed by atoms with Crippen LogP contribution in [-0.2, 0) is 14.8 Å². The van der Waals surface area contributed by atoms with Crippen molar-refractivity contribution in [2.75, 3.05) is 34.8 Å². The topological polar surface area (TPSA) is 138 Å². The number of para-hydroxylation sites is 2. The molecule has 3 aromatic heterocycles. The van der Waals surface area contributed by atoms with E-state index in [4.69, 9.17) is 4.74 Å². The van der Waals surface area contributed by atoms with Gasteiger partial charge in [0, 0.05) is 19.7 Å². The molecule has 0 amide bonds. The molecular formula is C26H26F2N8O3S. The lowest BCUT2D eigenvalue weighted by molar-refractivity contribution is -0.0363. The molecule has 0 saturated carbocycles. The SMILES string of the molecule is CN(c1ccccc1Nc1cc(Nc2cccc(C#N)n2)nc2c1nc(C(F)F)n2C1CCCCO1)S(C)(=O)=O. The maximum atomic E-state index is 14.3. The van der Waals surface area contributed by atoms with Crippen molar-refractivity contribution >= 4 is 49.9 Å². The van der Waals surface area contributed by atoms with Gasteiger partial charge in [0.25, 0.3) is 6.43 Å². The van der Waals surface area contributed by atoms with Gasteiger partial charge in [0.1, 0.15) is 35.1 Å². The van der Waals surface area contributed by atoms with Crippen molar-refractivity contribution in [3.63, 3.8) is 0 Å². The third-order valence-electron chi connectivity index (χ3n) is 6.44. The Morgan fingerprint density at radius 1 is 1.07 bits per heavy atom. The van der Waals surface area contributed by atoms with Gasteiger partial charge >= 0.3 is 0 Å². The summed E-state index contributed by atoms with van der Waals surface area (Å²) in [5.74, 6) is 0.0770. The Morgan fingerprint density at radius 3 is 2.58 bits per heavy atom. The average molecular weight is 569 g/mol. The second-order valence-electron chi connectivity index (χ2n) is 9.21. The summed E-state index contributed by atoms with van der Waals surface area (Å²) in [6, 6.07) is 15.1. The minimum Gasteiger partial charge on any atom is -0.358 e. The number of nitriles is 1. The van der Waals surface area contributed by atoms with Crippen LogP contribution in [0.5, 0.6) is 0 Å². The monoisotopic (exact) mass is 568 g/mol. The molecule has 0 spiro atoms. The molecular weight excluding hydrogens is 542 g/mol. The van der Waals surface area contributed by atoms with Gasteiger partial charge < -0.3 is 15.4 Å². The van der Waals surface area contributed by atoms with E-state index in [2.05, 4.69) is 25.6 Å². The molecule has 14 heteroatoms. The number of pyridine rings is 2. The van der Waals surface area contributed by atoms with E-state index < -0.39 is 28.5 Å². The number of anilines is 5. The molecule has 4 aromatic rings. The number of sulfonamides is 1. The molecule has 2 N–H and O–H groups in total. The summed E-state index contributed by atoms with van der Waals surface area (Å²) < 4.78 is 61.5. The number of hydrogen-bond acceptors (Lipinski definition) is 9. The minimum atomic E-state index is -3.60. The number of ether oxygens (including phenoxy) is 1. The molecule has 4 heterocycles. The van der Waals surface area contributed by atoms with Gasteiger partial charge in [0.2, 0.25) is 10.0 Å². The Bertz CT molecular complexity index is 1700. The van der Waals surface area contributed by atoms with Crippen LogP contribution in [0.15, 0.2) is 48.5 Å². The van der Waals surface area contributed by atoms with Gasteiger partial charge in [0.05, 0.1) is 23.3 Å². The number of nitrogens with zero attached hydrogens (tertiary/aromatic N) is 6. The number of rotatable bonds is 8. The summed E-state index contributed by atoms with van der Waals surface area (Å²) >= 11 is 0. The Labute approximate surface area is 229 Å². The van der Waals surface area contributed by atoms with Crippen molar-refractivity contribution in [3.05, 3.63) is 60.0 Å². The number of imidazole rings is 1. The van der Waals surface area contributed by atoms with E-state index in [1.807, 2.05) is 6.07 Å². The van der Waals surface area contributed by atoms with Gasteiger partial charge in [-0.05, 0) is 43.5 Å². The van der Waals surface area contributed by atoms with Crippen molar-refractivity contribution in [1.29, 1.82) is 5.26 Å². The standard InChI is InChI=1S/C26H26F2N8O3S/c1-35(40(2,37)38)19-10-4-3-9-17(19)31-18-14-21(32-20-11-7-8-16(15-29)30-20)33-25-23(18)34-26(24(27)28)36(25)22-12-5-6-13-39-22/h3-4,7-11,14,22,24H,5-6,12-13H2,1-2H3,(H2,30,31,32,33). The van der Waals surface area contributed by atoms with Crippen molar-refractivity contribution in [3.8, 4) is 6.07 Å². The Balaban J connectivity index is 1.69. The molecule has 0 bridgehead atoms. The quantitative estimate of drug-likeness (QED) is 0.293. The molecule has 1 fully saturated rings. The van der Waals surface area contributed by atoms with E-state index in [1.165, 1.54) is 11.6 Å². The van der Waals surface area contributed by atoms with Crippen LogP contribution in [0.3, 0.4) is 0 Å². The zero-order valence-corrected chi connectivity index (χ0v) is 22.5. The molecule has 1 aliphatic rings. The first-order valence-electron chi connectivity index (χ1n) is 12.4. The van der Waals surface area contributed by atoms with Crippen LogP contribution in [0.25, 0.3) is 11.2 Å². The van der Waals surface area contributed by atoms with Crippen LogP contribution in [-0.4, -0.2) is 47.8 Å². The highest BCUT2D eigenvalue weighted by molar-refractivity contribution is 7.92. The lowest BCUT2D eigenvalue weighted by Crippen LogP contribution is -2.25. The van der Waals surface area contributed by atoms with Gasteiger partial charge in [-0.3, -0.25) is 8.87 Å². The second-order valence-corrected chi connectivity index (χ2v) is 11.2. The number of halogens is 2. The predicted molar refractivity (Wildman–Crippen MR) is 147 cm³/mol. The molecule has 40 heavy (non-hydrogen) atoms. The normalized spacial score (nSPS) is 15.7. The highest BCUT2D eigenvalue weighted by atomic mass is 32.2. The zero-order chi connectivity index (χ0) is 28.4. The van der Waals surface area contributed by atoms with Gasteiger partial charge in [-0.1, -0.05) is 18.2 Å². The van der Waals surface area contributed by atoms with Crippen LogP contribution in [0, 0.1) is 11.3 Å². The van der Waals surface area contributed by atoms with E-state index in [0.717, 1.165) is 23.4 Å². The highest BCUT2D eigenvalue weighted by Crippen LogP contribution is 2.38. The third kappa shape index (κ3) is 5.51. The van der Waals surface area contributed by atoms with Gasteiger partial charge in [0.15, 0.2) is 11.5 Å². The maximum absolute atomic E-state index is 14.3. The maximum Gasteiger partial charge on any atom is 0.295 e. The fourth-order valence-electron chi connectivity index (χ4n) is 4.48. The fraction of sp³-hybridized carbons (Fsp3) is 0.308. The number of benzene rings is 1. The average Bonchev–Trinajstić information content (AvgIpc) is 3.33. The highest BCUT2D eigenvalue weighted by Gasteiger charge is 2.29. The molecule has 1 aliphatic heterocycles. The van der Waals surface area contributed by atoms with Crippen molar-refractivity contribution in [2.45, 2.75) is 31.9 Å². The van der Waals surface area contributed by atoms with Gasteiger partial charge in [-0.15, -0.1) is 0 Å². The zero-order valence-electron chi connectivity index (χ0n) is 21.7. The van der Waals surface area contributed by atoms with Crippen LogP contribution < -0.4 is 14.9 Å². The number of alkyl halides is 2. The number of hydrogen-bond donors (Lipinski definition) is 2. The Morgan fingerprint density at radius 2 is 1.88 bits per heavy atom. The molecule has 11 nitrogen and oxygen atoms in total. The summed E-state index contributed by atoms with van der Waals surface area (Å²) in [7, 11) is -2.18. The van der Waals surface area contributed by atoms with Crippen LogP contribution >= 0.6 is 0 Å². The Kier molecular flexibility index (Phi) is 7.51. The van der Waals surface area contributed by atoms with Crippen molar-refractivity contribution < 1.29 is 21.9 Å². The van der Waals surface area contributed by atoms with E-state index in [9.17, 15) is 22.5 Å². The van der Waals surface area contributed by atoms with Crippen LogP contribution in [0.4, 0.5) is 37.5 Å². The summed E-state index contributed by atoms with van der Waals surface area (Å²) in [6.45, 7) is 0.423. The first-order valence-corrected chi connectivity index (χ1v) is 14.3. The lowest BCUT2D eigenvalue weighted by atomic mass is 10.2. The largest absolute Gasteiger partial charge is 0.358 e. The molecule has 0 aliphatic carbocycles. The van der Waals surface area contributed by atoms with Gasteiger partial charge in [-0.25, -0.2) is 32.2 Å². The molecule has 0 radical (unpaired) electrons. The predicted octanol–water partition coefficient (Wildman–Crippen LogP) is 5.22. The summed E-state index contributed by atoms with van der Waals surface area (Å²) in [6.07, 6.45) is -0.359. The smallest absolute Gasteiger partial charge is 0.295 e. The van der Waals surface area contributed by atoms with Gasteiger partial charge in [-0.2, -0.15) is 5.26 Å². The summed E-state index contributed by atoms with van der Waals surface area (Å²) in [4.78, 5) is 13.1. The number of fused-ring (bicyclic) bond motifs is 1. The van der Waals surface area contributed by atoms with Crippen molar-refractivity contribution in [1.82, 2.24) is 19.5 Å². The minimum absolute atomic E-state index is 0.153. The first-order chi connectivity index (χ1) is 19.2. The second kappa shape index (κ2) is 11.0. The van der Waals surface area contributed by atoms with Crippen LogP contribution in [0.2, 0.25) is 0 Å². The lowest BCUT2D eigenvalue weighted by Gasteiger charge is -2.25. The van der Waals surface area contributed by atoms with E-state index in [0.29, 0.717) is 35.9 Å². The fourth-order valence-corrected chi connectivity index (χ4v) is 5.00. The first kappa shape index (κ1) is 27.2. The molecule has 1 saturated heterocycles. The molecule has 1 atom stereocenters.